The van der Waals surface area contributed by atoms with Gasteiger partial charge in [-0.3, -0.25) is 4.79 Å². The van der Waals surface area contributed by atoms with Crippen molar-refractivity contribution in [3.05, 3.63) is 98.5 Å². The van der Waals surface area contributed by atoms with Gasteiger partial charge in [-0.15, -0.1) is 11.3 Å². The lowest BCUT2D eigenvalue weighted by atomic mass is 10.2. The average molecular weight is 633 g/mol. The minimum absolute atomic E-state index is 0.0611. The van der Waals surface area contributed by atoms with E-state index in [9.17, 15) is 18.0 Å². The third kappa shape index (κ3) is 8.06. The second kappa shape index (κ2) is 13.0. The predicted octanol–water partition coefficient (Wildman–Crippen LogP) is 7.26. The molecule has 4 aromatic rings. The first-order valence-electron chi connectivity index (χ1n) is 11.9. The van der Waals surface area contributed by atoms with Crippen molar-refractivity contribution >= 4 is 50.2 Å². The van der Waals surface area contributed by atoms with Crippen molar-refractivity contribution in [3.63, 3.8) is 0 Å². The van der Waals surface area contributed by atoms with E-state index in [1.807, 2.05) is 31.2 Å². The van der Waals surface area contributed by atoms with Gasteiger partial charge in [-0.1, -0.05) is 35.9 Å². The summed E-state index contributed by atoms with van der Waals surface area (Å²) in [6.07, 6.45) is -3.03. The Kier molecular flexibility index (Phi) is 9.43. The van der Waals surface area contributed by atoms with Crippen molar-refractivity contribution in [2.75, 3.05) is 12.4 Å². The van der Waals surface area contributed by atoms with Gasteiger partial charge in [0, 0.05) is 21.1 Å². The van der Waals surface area contributed by atoms with E-state index in [1.54, 1.807) is 17.5 Å². The van der Waals surface area contributed by atoms with Gasteiger partial charge in [-0.05, 0) is 58.7 Å². The van der Waals surface area contributed by atoms with E-state index < -0.39 is 17.6 Å². The molecule has 0 atom stereocenters. The van der Waals surface area contributed by atoms with Crippen molar-refractivity contribution in [2.24, 2.45) is 5.10 Å². The van der Waals surface area contributed by atoms with Crippen molar-refractivity contribution in [1.29, 1.82) is 0 Å². The number of nitrogens with one attached hydrogen (secondary N) is 2. The number of halogens is 4. The largest absolute Gasteiger partial charge is 0.493 e. The highest BCUT2D eigenvalue weighted by Crippen LogP contribution is 2.34. The number of hydrogen-bond acceptors (Lipinski definition) is 7. The molecule has 0 bridgehead atoms. The summed E-state index contributed by atoms with van der Waals surface area (Å²) >= 11 is 4.67. The van der Waals surface area contributed by atoms with Gasteiger partial charge in [0.15, 0.2) is 16.6 Å². The highest BCUT2D eigenvalue weighted by molar-refractivity contribution is 9.10. The Morgan fingerprint density at radius 2 is 1.90 bits per heavy atom. The van der Waals surface area contributed by atoms with Gasteiger partial charge in [0.25, 0.3) is 0 Å². The SMILES string of the molecule is COc1cc(/C=N\NC(=O)Cc2csc(Nc3cccc(C(F)(F)F)c3)n2)c(Br)cc1OCc1ccc(C)cc1. The third-order valence-corrected chi connectivity index (χ3v) is 7.02. The van der Waals surface area contributed by atoms with Gasteiger partial charge in [0.05, 0.1) is 31.0 Å². The summed E-state index contributed by atoms with van der Waals surface area (Å²) in [4.78, 5) is 16.6. The van der Waals surface area contributed by atoms with E-state index in [0.29, 0.717) is 39.0 Å². The maximum absolute atomic E-state index is 12.9. The first-order chi connectivity index (χ1) is 19.1. The molecule has 0 fully saturated rings. The molecule has 12 heteroatoms. The highest BCUT2D eigenvalue weighted by Gasteiger charge is 2.30. The minimum Gasteiger partial charge on any atom is -0.493 e. The molecule has 1 heterocycles. The molecule has 0 spiro atoms. The lowest BCUT2D eigenvalue weighted by Crippen LogP contribution is -2.20. The molecule has 7 nitrogen and oxygen atoms in total. The Hall–Kier alpha value is -3.90. The molecule has 1 amide bonds. The van der Waals surface area contributed by atoms with Gasteiger partial charge >= 0.3 is 6.18 Å². The van der Waals surface area contributed by atoms with Crippen LogP contribution in [0.5, 0.6) is 11.5 Å². The van der Waals surface area contributed by atoms with Crippen LogP contribution in [0.3, 0.4) is 0 Å². The van der Waals surface area contributed by atoms with Crippen LogP contribution in [0.4, 0.5) is 24.0 Å². The molecule has 0 aliphatic carbocycles. The summed E-state index contributed by atoms with van der Waals surface area (Å²) < 4.78 is 50.9. The number of aryl methyl sites for hydroxylation is 1. The van der Waals surface area contributed by atoms with Crippen LogP contribution in [0.2, 0.25) is 0 Å². The predicted molar refractivity (Wildman–Crippen MR) is 152 cm³/mol. The molecule has 0 aliphatic rings. The Morgan fingerprint density at radius 3 is 2.62 bits per heavy atom. The number of anilines is 2. The van der Waals surface area contributed by atoms with Crippen molar-refractivity contribution in [1.82, 2.24) is 10.4 Å². The second-order valence-corrected chi connectivity index (χ2v) is 10.3. The molecule has 208 valence electrons. The maximum Gasteiger partial charge on any atom is 0.416 e. The summed E-state index contributed by atoms with van der Waals surface area (Å²) in [6, 6.07) is 16.3. The van der Waals surface area contributed by atoms with Crippen LogP contribution in [-0.4, -0.2) is 24.2 Å². The minimum atomic E-state index is -4.44. The molecule has 0 radical (unpaired) electrons. The quantitative estimate of drug-likeness (QED) is 0.142. The molecule has 40 heavy (non-hydrogen) atoms. The number of carbonyl (C=O) groups is 1. The number of aromatic nitrogens is 1. The summed E-state index contributed by atoms with van der Waals surface area (Å²) in [7, 11) is 1.54. The number of alkyl halides is 3. The van der Waals surface area contributed by atoms with Gasteiger partial charge in [-0.2, -0.15) is 18.3 Å². The van der Waals surface area contributed by atoms with Crippen molar-refractivity contribution in [3.8, 4) is 11.5 Å². The topological polar surface area (TPSA) is 84.8 Å². The van der Waals surface area contributed by atoms with Crippen LogP contribution in [0.1, 0.15) is 27.9 Å². The Bertz CT molecular complexity index is 1510. The van der Waals surface area contributed by atoms with Gasteiger partial charge < -0.3 is 14.8 Å². The third-order valence-electron chi connectivity index (χ3n) is 5.53. The van der Waals surface area contributed by atoms with E-state index in [0.717, 1.165) is 17.7 Å². The van der Waals surface area contributed by atoms with Crippen LogP contribution < -0.4 is 20.2 Å². The standard InChI is InChI=1S/C28H24BrF3N4O3S/c1-17-6-8-18(9-7-17)15-39-25-13-23(29)19(10-24(25)38-2)14-33-36-26(37)12-22-16-40-27(35-22)34-21-5-3-4-20(11-21)28(30,31)32/h3-11,13-14,16H,12,15H2,1-2H3,(H,34,35)(H,36,37)/b33-14-. The number of carbonyl (C=O) groups excluding carboxylic acids is 1. The van der Waals surface area contributed by atoms with Gasteiger partial charge in [0.2, 0.25) is 5.91 Å². The van der Waals surface area contributed by atoms with Gasteiger partial charge in [0.1, 0.15) is 6.61 Å². The zero-order valence-corrected chi connectivity index (χ0v) is 23.8. The lowest BCUT2D eigenvalue weighted by molar-refractivity contribution is -0.137. The number of methoxy groups -OCH3 is 1. The Morgan fingerprint density at radius 1 is 1.12 bits per heavy atom. The van der Waals surface area contributed by atoms with E-state index >= 15 is 0 Å². The fourth-order valence-electron chi connectivity index (χ4n) is 3.49. The van der Waals surface area contributed by atoms with Gasteiger partial charge in [-0.25, -0.2) is 10.4 Å². The molecule has 0 saturated carbocycles. The first-order valence-corrected chi connectivity index (χ1v) is 13.5. The van der Waals surface area contributed by atoms with Crippen LogP contribution in [0, 0.1) is 6.92 Å². The zero-order chi connectivity index (χ0) is 28.7. The Balaban J connectivity index is 1.32. The average Bonchev–Trinajstić information content (AvgIpc) is 3.35. The number of thiazole rings is 1. The number of hydrazone groups is 1. The molecule has 1 aromatic heterocycles. The number of amides is 1. The van der Waals surface area contributed by atoms with E-state index in [2.05, 4.69) is 36.8 Å². The molecule has 0 unspecified atom stereocenters. The maximum atomic E-state index is 12.9. The summed E-state index contributed by atoms with van der Waals surface area (Å²) in [5, 5.41) is 8.87. The van der Waals surface area contributed by atoms with Crippen molar-refractivity contribution in [2.45, 2.75) is 26.1 Å². The Labute approximate surface area is 241 Å². The molecule has 3 aromatic carbocycles. The number of nitrogens with zero attached hydrogens (tertiary/aromatic N) is 2. The molecule has 0 aliphatic heterocycles. The number of benzene rings is 3. The smallest absolute Gasteiger partial charge is 0.416 e. The fraction of sp³-hybridized carbons (Fsp3) is 0.179. The highest BCUT2D eigenvalue weighted by atomic mass is 79.9. The monoisotopic (exact) mass is 632 g/mol. The molecular weight excluding hydrogens is 609 g/mol. The number of hydrogen-bond donors (Lipinski definition) is 2. The molecular formula is C28H24BrF3N4O3S. The molecule has 2 N–H and O–H groups in total. The van der Waals surface area contributed by atoms with E-state index in [1.165, 1.54) is 42.4 Å². The number of ether oxygens (including phenoxy) is 2. The van der Waals surface area contributed by atoms with E-state index in [4.69, 9.17) is 9.47 Å². The van der Waals surface area contributed by atoms with Crippen LogP contribution in [-0.2, 0) is 24.0 Å². The number of rotatable bonds is 10. The fourth-order valence-corrected chi connectivity index (χ4v) is 4.64. The summed E-state index contributed by atoms with van der Waals surface area (Å²) in [6.45, 7) is 2.40. The normalized spacial score (nSPS) is 11.4. The van der Waals surface area contributed by atoms with E-state index in [-0.39, 0.29) is 12.1 Å². The van der Waals surface area contributed by atoms with Crippen LogP contribution in [0.15, 0.2) is 75.6 Å². The zero-order valence-electron chi connectivity index (χ0n) is 21.4. The summed E-state index contributed by atoms with van der Waals surface area (Å²) in [5.41, 5.74) is 5.23. The van der Waals surface area contributed by atoms with Crippen molar-refractivity contribution < 1.29 is 27.4 Å². The first kappa shape index (κ1) is 29.1. The van der Waals surface area contributed by atoms with Crippen LogP contribution >= 0.6 is 27.3 Å². The molecule has 0 saturated heterocycles. The lowest BCUT2D eigenvalue weighted by Gasteiger charge is -2.13. The van der Waals surface area contributed by atoms with Crippen LogP contribution in [0.25, 0.3) is 0 Å². The molecule has 4 rings (SSSR count). The second-order valence-electron chi connectivity index (χ2n) is 8.62. The summed E-state index contributed by atoms with van der Waals surface area (Å²) in [5.74, 6) is 0.647.